The molecule has 1 unspecified atom stereocenters. The number of hydrogen-bond acceptors (Lipinski definition) is 4. The van der Waals surface area contributed by atoms with Crippen LogP contribution in [-0.2, 0) is 9.47 Å². The van der Waals surface area contributed by atoms with E-state index in [0.29, 0.717) is 19.8 Å². The molecule has 0 amide bonds. The van der Waals surface area contributed by atoms with E-state index in [9.17, 15) is 0 Å². The van der Waals surface area contributed by atoms with E-state index in [0.717, 1.165) is 37.7 Å². The number of rotatable bonds is 12. The molecule has 0 aliphatic rings. The van der Waals surface area contributed by atoms with E-state index in [4.69, 9.17) is 14.2 Å². The fourth-order valence-electron chi connectivity index (χ4n) is 2.20. The predicted molar refractivity (Wildman–Crippen MR) is 103 cm³/mol. The zero-order valence-corrected chi connectivity index (χ0v) is 16.0. The van der Waals surface area contributed by atoms with Gasteiger partial charge in [0.1, 0.15) is 11.9 Å². The van der Waals surface area contributed by atoms with Gasteiger partial charge in [-0.1, -0.05) is 12.1 Å². The monoisotopic (exact) mass is 351 g/mol. The maximum atomic E-state index is 5.91. The number of hydrogen-bond donors (Lipinski definition) is 2. The van der Waals surface area contributed by atoms with Crippen molar-refractivity contribution in [2.24, 2.45) is 4.99 Å². The summed E-state index contributed by atoms with van der Waals surface area (Å²) in [6.45, 7) is 7.72. The summed E-state index contributed by atoms with van der Waals surface area (Å²) in [4.78, 5) is 4.23. The largest absolute Gasteiger partial charge is 0.489 e. The summed E-state index contributed by atoms with van der Waals surface area (Å²) in [5, 5.41) is 6.59. The molecule has 0 radical (unpaired) electrons. The summed E-state index contributed by atoms with van der Waals surface area (Å²) in [6.07, 6.45) is 2.10. The summed E-state index contributed by atoms with van der Waals surface area (Å²) in [6, 6.07) is 8.08. The second kappa shape index (κ2) is 13.5. The molecule has 0 bridgehead atoms. The Hall–Kier alpha value is -1.79. The van der Waals surface area contributed by atoms with Crippen molar-refractivity contribution in [2.45, 2.75) is 32.8 Å². The third-order valence-electron chi connectivity index (χ3n) is 3.55. The number of methoxy groups -OCH3 is 1. The van der Waals surface area contributed by atoms with Crippen molar-refractivity contribution in [3.8, 4) is 5.75 Å². The highest BCUT2D eigenvalue weighted by molar-refractivity contribution is 5.79. The van der Waals surface area contributed by atoms with Crippen LogP contribution in [0.3, 0.4) is 0 Å². The van der Waals surface area contributed by atoms with Crippen LogP contribution >= 0.6 is 0 Å². The maximum Gasteiger partial charge on any atom is 0.191 e. The van der Waals surface area contributed by atoms with Crippen molar-refractivity contribution in [3.05, 3.63) is 29.8 Å². The third-order valence-corrected chi connectivity index (χ3v) is 3.55. The van der Waals surface area contributed by atoms with Gasteiger partial charge in [0.15, 0.2) is 5.96 Å². The van der Waals surface area contributed by atoms with Gasteiger partial charge in [-0.3, -0.25) is 4.99 Å². The smallest absolute Gasteiger partial charge is 0.191 e. The average Bonchev–Trinajstić information content (AvgIpc) is 2.60. The number of unbranched alkanes of at least 4 members (excludes halogenated alkanes) is 1. The molecule has 1 aromatic rings. The standard InChI is InChI=1S/C19H33N3O3/c1-16-8-7-9-18(14-16)25-17(2)15-22-19(20-3)21-10-5-6-11-24-13-12-23-4/h7-9,14,17H,5-6,10-13,15H2,1-4H3,(H2,20,21,22). The molecule has 6 nitrogen and oxygen atoms in total. The first-order valence-electron chi connectivity index (χ1n) is 8.90. The van der Waals surface area contributed by atoms with E-state index in [1.165, 1.54) is 5.56 Å². The molecule has 1 aromatic carbocycles. The van der Waals surface area contributed by atoms with Gasteiger partial charge in [-0.05, 0) is 44.4 Å². The van der Waals surface area contributed by atoms with E-state index in [2.05, 4.69) is 28.6 Å². The van der Waals surface area contributed by atoms with Crippen LogP contribution in [0.1, 0.15) is 25.3 Å². The van der Waals surface area contributed by atoms with Crippen molar-refractivity contribution >= 4 is 5.96 Å². The van der Waals surface area contributed by atoms with Crippen LogP contribution in [-0.4, -0.2) is 59.1 Å². The molecule has 0 fully saturated rings. The first-order chi connectivity index (χ1) is 12.2. The van der Waals surface area contributed by atoms with Crippen LogP contribution in [0, 0.1) is 6.92 Å². The Morgan fingerprint density at radius 2 is 2.00 bits per heavy atom. The number of guanidine groups is 1. The topological polar surface area (TPSA) is 64.1 Å². The normalized spacial score (nSPS) is 12.7. The van der Waals surface area contributed by atoms with E-state index < -0.39 is 0 Å². The quantitative estimate of drug-likeness (QED) is 0.344. The van der Waals surface area contributed by atoms with Gasteiger partial charge in [0.25, 0.3) is 0 Å². The van der Waals surface area contributed by atoms with Crippen molar-refractivity contribution < 1.29 is 14.2 Å². The Balaban J connectivity index is 2.13. The number of benzene rings is 1. The van der Waals surface area contributed by atoms with Gasteiger partial charge in [0.05, 0.1) is 19.8 Å². The lowest BCUT2D eigenvalue weighted by Gasteiger charge is -2.18. The number of nitrogens with zero attached hydrogens (tertiary/aromatic N) is 1. The van der Waals surface area contributed by atoms with Crippen molar-refractivity contribution in [3.63, 3.8) is 0 Å². The van der Waals surface area contributed by atoms with E-state index in [-0.39, 0.29) is 6.10 Å². The van der Waals surface area contributed by atoms with Gasteiger partial charge < -0.3 is 24.8 Å². The molecule has 0 aromatic heterocycles. The van der Waals surface area contributed by atoms with E-state index in [1.54, 1.807) is 14.2 Å². The van der Waals surface area contributed by atoms with Gasteiger partial charge in [-0.25, -0.2) is 0 Å². The lowest BCUT2D eigenvalue weighted by molar-refractivity contribution is 0.0689. The lowest BCUT2D eigenvalue weighted by Crippen LogP contribution is -2.42. The van der Waals surface area contributed by atoms with Crippen LogP contribution < -0.4 is 15.4 Å². The second-order valence-electron chi connectivity index (χ2n) is 5.94. The summed E-state index contributed by atoms with van der Waals surface area (Å²) in [5.74, 6) is 1.69. The molecule has 1 atom stereocenters. The molecule has 0 aliphatic carbocycles. The molecule has 25 heavy (non-hydrogen) atoms. The molecule has 0 heterocycles. The molecule has 1 rings (SSSR count). The summed E-state index contributed by atoms with van der Waals surface area (Å²) >= 11 is 0. The van der Waals surface area contributed by atoms with Crippen LogP contribution in [0.4, 0.5) is 0 Å². The first kappa shape index (κ1) is 21.3. The Labute approximate surface area is 152 Å². The minimum absolute atomic E-state index is 0.0505. The number of nitrogens with one attached hydrogen (secondary N) is 2. The van der Waals surface area contributed by atoms with Crippen LogP contribution in [0.25, 0.3) is 0 Å². The van der Waals surface area contributed by atoms with Crippen LogP contribution in [0.2, 0.25) is 0 Å². The highest BCUT2D eigenvalue weighted by Gasteiger charge is 2.05. The van der Waals surface area contributed by atoms with Gasteiger partial charge in [-0.2, -0.15) is 0 Å². The molecule has 0 saturated heterocycles. The van der Waals surface area contributed by atoms with E-state index in [1.807, 2.05) is 25.1 Å². The highest BCUT2D eigenvalue weighted by atomic mass is 16.5. The first-order valence-corrected chi connectivity index (χ1v) is 8.90. The molecule has 2 N–H and O–H groups in total. The van der Waals surface area contributed by atoms with Crippen LogP contribution in [0.15, 0.2) is 29.3 Å². The maximum absolute atomic E-state index is 5.91. The lowest BCUT2D eigenvalue weighted by atomic mass is 10.2. The molecule has 0 spiro atoms. The van der Waals surface area contributed by atoms with Gasteiger partial charge in [-0.15, -0.1) is 0 Å². The Morgan fingerprint density at radius 1 is 1.16 bits per heavy atom. The SMILES string of the molecule is CN=C(NCCCCOCCOC)NCC(C)Oc1cccc(C)c1. The Bertz CT molecular complexity index is 495. The highest BCUT2D eigenvalue weighted by Crippen LogP contribution is 2.13. The van der Waals surface area contributed by atoms with Crippen molar-refractivity contribution in [1.29, 1.82) is 0 Å². The fourth-order valence-corrected chi connectivity index (χ4v) is 2.20. The third kappa shape index (κ3) is 10.6. The number of ether oxygens (including phenoxy) is 3. The molecule has 0 aliphatic heterocycles. The van der Waals surface area contributed by atoms with Gasteiger partial charge >= 0.3 is 0 Å². The number of aryl methyl sites for hydroxylation is 1. The van der Waals surface area contributed by atoms with Gasteiger partial charge in [0.2, 0.25) is 0 Å². The van der Waals surface area contributed by atoms with Crippen molar-refractivity contribution in [2.75, 3.05) is 47.1 Å². The molecule has 6 heteroatoms. The zero-order valence-electron chi connectivity index (χ0n) is 16.0. The Morgan fingerprint density at radius 3 is 2.72 bits per heavy atom. The minimum atomic E-state index is 0.0505. The van der Waals surface area contributed by atoms with E-state index >= 15 is 0 Å². The molecule has 142 valence electrons. The Kier molecular flexibility index (Phi) is 11.5. The average molecular weight is 351 g/mol. The fraction of sp³-hybridized carbons (Fsp3) is 0.632. The molecular formula is C19H33N3O3. The molecular weight excluding hydrogens is 318 g/mol. The van der Waals surface area contributed by atoms with Gasteiger partial charge in [0, 0.05) is 27.3 Å². The summed E-state index contributed by atoms with van der Waals surface area (Å²) in [7, 11) is 3.45. The minimum Gasteiger partial charge on any atom is -0.489 e. The zero-order chi connectivity index (χ0) is 18.3. The van der Waals surface area contributed by atoms with Crippen molar-refractivity contribution in [1.82, 2.24) is 10.6 Å². The molecule has 0 saturated carbocycles. The van der Waals surface area contributed by atoms with Crippen LogP contribution in [0.5, 0.6) is 5.75 Å². The second-order valence-corrected chi connectivity index (χ2v) is 5.94. The predicted octanol–water partition coefficient (Wildman–Crippen LogP) is 2.37. The summed E-state index contributed by atoms with van der Waals surface area (Å²) < 4.78 is 16.3. The number of aliphatic imine (C=N–C) groups is 1. The summed E-state index contributed by atoms with van der Waals surface area (Å²) in [5.41, 5.74) is 1.20.